The smallest absolute Gasteiger partial charge is 0.223 e. The number of guanidine groups is 1. The minimum absolute atomic E-state index is 0. The molecule has 1 amide bonds. The molecule has 8 heteroatoms. The van der Waals surface area contributed by atoms with Gasteiger partial charge in [-0.1, -0.05) is 15.9 Å². The highest BCUT2D eigenvalue weighted by Crippen LogP contribution is 2.22. The van der Waals surface area contributed by atoms with Crippen molar-refractivity contribution in [2.45, 2.75) is 25.8 Å². The number of anilines is 1. The fourth-order valence-corrected chi connectivity index (χ4v) is 3.03. The molecule has 2 rings (SSSR count). The standard InChI is InChI=1S/C18H28BrN5O.HI/c1-4-20-18(21-11-9-17(25)23(2)3)22-15-10-12-24(13-15)16-7-5-14(19)6-8-16;/h5-8,15H,4,9-13H2,1-3H3,(H2,20,21,22);1H. The van der Waals surface area contributed by atoms with Crippen LogP contribution in [0.15, 0.2) is 33.7 Å². The van der Waals surface area contributed by atoms with E-state index >= 15 is 0 Å². The molecule has 0 radical (unpaired) electrons. The van der Waals surface area contributed by atoms with Crippen molar-refractivity contribution in [2.75, 3.05) is 45.2 Å². The predicted octanol–water partition coefficient (Wildman–Crippen LogP) is 2.68. The normalized spacial score (nSPS) is 16.8. The van der Waals surface area contributed by atoms with Crippen LogP contribution in [0.25, 0.3) is 0 Å². The van der Waals surface area contributed by atoms with Gasteiger partial charge in [-0.15, -0.1) is 24.0 Å². The van der Waals surface area contributed by atoms with E-state index in [2.05, 4.69) is 60.7 Å². The lowest BCUT2D eigenvalue weighted by atomic mass is 10.2. The largest absolute Gasteiger partial charge is 0.369 e. The zero-order chi connectivity index (χ0) is 18.2. The van der Waals surface area contributed by atoms with Crippen molar-refractivity contribution >= 4 is 57.5 Å². The number of rotatable bonds is 6. The Hall–Kier alpha value is -1.03. The Morgan fingerprint density at radius 1 is 1.35 bits per heavy atom. The maximum absolute atomic E-state index is 11.7. The van der Waals surface area contributed by atoms with Gasteiger partial charge in [-0.25, -0.2) is 0 Å². The Balaban J connectivity index is 0.00000338. The number of hydrogen-bond donors (Lipinski definition) is 2. The van der Waals surface area contributed by atoms with E-state index in [1.165, 1.54) is 5.69 Å². The molecular weight excluding hydrogens is 509 g/mol. The summed E-state index contributed by atoms with van der Waals surface area (Å²) in [5, 5.41) is 6.76. The van der Waals surface area contributed by atoms with Gasteiger partial charge in [0.05, 0.1) is 6.54 Å². The van der Waals surface area contributed by atoms with Crippen LogP contribution in [0.4, 0.5) is 5.69 Å². The van der Waals surface area contributed by atoms with Crippen LogP contribution in [0.3, 0.4) is 0 Å². The minimum atomic E-state index is 0. The number of halogens is 2. The van der Waals surface area contributed by atoms with Gasteiger partial charge in [-0.05, 0) is 37.6 Å². The van der Waals surface area contributed by atoms with Crippen molar-refractivity contribution in [1.82, 2.24) is 15.5 Å². The maximum Gasteiger partial charge on any atom is 0.223 e. The first-order valence-electron chi connectivity index (χ1n) is 8.75. The van der Waals surface area contributed by atoms with E-state index in [0.29, 0.717) is 19.0 Å². The highest BCUT2D eigenvalue weighted by atomic mass is 127. The van der Waals surface area contributed by atoms with Gasteiger partial charge >= 0.3 is 0 Å². The van der Waals surface area contributed by atoms with E-state index in [9.17, 15) is 4.79 Å². The predicted molar refractivity (Wildman–Crippen MR) is 123 cm³/mol. The lowest BCUT2D eigenvalue weighted by molar-refractivity contribution is -0.128. The highest BCUT2D eigenvalue weighted by molar-refractivity contribution is 14.0. The molecule has 0 aliphatic carbocycles. The molecule has 0 aromatic heterocycles. The Morgan fingerprint density at radius 3 is 2.65 bits per heavy atom. The summed E-state index contributed by atoms with van der Waals surface area (Å²) in [5.41, 5.74) is 1.24. The molecule has 6 nitrogen and oxygen atoms in total. The second kappa shape index (κ2) is 11.6. The highest BCUT2D eigenvalue weighted by Gasteiger charge is 2.23. The number of carbonyl (C=O) groups excluding carboxylic acids is 1. The first kappa shape index (κ1) is 23.0. The summed E-state index contributed by atoms with van der Waals surface area (Å²) in [4.78, 5) is 20.2. The summed E-state index contributed by atoms with van der Waals surface area (Å²) in [6, 6.07) is 8.77. The average Bonchev–Trinajstić information content (AvgIpc) is 3.04. The molecule has 2 N–H and O–H groups in total. The third kappa shape index (κ3) is 7.30. The monoisotopic (exact) mass is 537 g/mol. The molecule has 146 valence electrons. The molecule has 1 fully saturated rings. The summed E-state index contributed by atoms with van der Waals surface area (Å²) in [7, 11) is 3.54. The SMILES string of the molecule is CCNC(=NCCC(=O)N(C)C)NC1CCN(c2ccc(Br)cc2)C1.I. The Labute approximate surface area is 181 Å². The molecule has 1 heterocycles. The fourth-order valence-electron chi connectivity index (χ4n) is 2.76. The van der Waals surface area contributed by atoms with Crippen LogP contribution in [0.1, 0.15) is 19.8 Å². The molecule has 1 aromatic rings. The minimum Gasteiger partial charge on any atom is -0.369 e. The van der Waals surface area contributed by atoms with Gasteiger partial charge < -0.3 is 20.4 Å². The maximum atomic E-state index is 11.7. The summed E-state index contributed by atoms with van der Waals surface area (Å²) in [6.45, 7) is 5.32. The number of nitrogens with one attached hydrogen (secondary N) is 2. The van der Waals surface area contributed by atoms with Crippen LogP contribution < -0.4 is 15.5 Å². The topological polar surface area (TPSA) is 60.0 Å². The van der Waals surface area contributed by atoms with E-state index in [-0.39, 0.29) is 29.9 Å². The number of aliphatic imine (C=N–C) groups is 1. The first-order chi connectivity index (χ1) is 12.0. The Kier molecular flexibility index (Phi) is 10.3. The van der Waals surface area contributed by atoms with Gasteiger partial charge in [-0.2, -0.15) is 0 Å². The molecule has 1 aliphatic heterocycles. The van der Waals surface area contributed by atoms with Crippen molar-refractivity contribution in [1.29, 1.82) is 0 Å². The van der Waals surface area contributed by atoms with Gasteiger partial charge in [-0.3, -0.25) is 9.79 Å². The Bertz CT molecular complexity index is 594. The number of amides is 1. The van der Waals surface area contributed by atoms with Crippen molar-refractivity contribution in [3.05, 3.63) is 28.7 Å². The quantitative estimate of drug-likeness (QED) is 0.333. The summed E-state index contributed by atoms with van der Waals surface area (Å²) < 4.78 is 1.10. The van der Waals surface area contributed by atoms with E-state index in [1.807, 2.05) is 6.92 Å². The lowest BCUT2D eigenvalue weighted by Gasteiger charge is -2.20. The Morgan fingerprint density at radius 2 is 2.04 bits per heavy atom. The van der Waals surface area contributed by atoms with Crippen molar-refractivity contribution in [3.8, 4) is 0 Å². The molecule has 1 aromatic carbocycles. The number of carbonyl (C=O) groups is 1. The van der Waals surface area contributed by atoms with E-state index in [0.717, 1.165) is 36.5 Å². The van der Waals surface area contributed by atoms with E-state index in [1.54, 1.807) is 19.0 Å². The molecule has 1 aliphatic rings. The van der Waals surface area contributed by atoms with E-state index in [4.69, 9.17) is 0 Å². The van der Waals surface area contributed by atoms with Crippen LogP contribution in [-0.2, 0) is 4.79 Å². The van der Waals surface area contributed by atoms with Crippen molar-refractivity contribution in [3.63, 3.8) is 0 Å². The van der Waals surface area contributed by atoms with Crippen LogP contribution in [0, 0.1) is 0 Å². The molecule has 1 saturated heterocycles. The summed E-state index contributed by atoms with van der Waals surface area (Å²) in [5.74, 6) is 0.888. The number of benzene rings is 1. The summed E-state index contributed by atoms with van der Waals surface area (Å²) >= 11 is 3.48. The number of hydrogen-bond acceptors (Lipinski definition) is 3. The van der Waals surface area contributed by atoms with Gasteiger partial charge in [0, 0.05) is 56.4 Å². The lowest BCUT2D eigenvalue weighted by Crippen LogP contribution is -2.44. The molecular formula is C18H29BrIN5O. The first-order valence-corrected chi connectivity index (χ1v) is 9.54. The van der Waals surface area contributed by atoms with Gasteiger partial charge in [0.25, 0.3) is 0 Å². The summed E-state index contributed by atoms with van der Waals surface area (Å²) in [6.07, 6.45) is 1.50. The zero-order valence-electron chi connectivity index (χ0n) is 15.7. The van der Waals surface area contributed by atoms with E-state index < -0.39 is 0 Å². The molecule has 0 spiro atoms. The van der Waals surface area contributed by atoms with Crippen LogP contribution in [0.5, 0.6) is 0 Å². The van der Waals surface area contributed by atoms with Crippen LogP contribution in [0.2, 0.25) is 0 Å². The molecule has 1 atom stereocenters. The van der Waals surface area contributed by atoms with Crippen LogP contribution >= 0.6 is 39.9 Å². The average molecular weight is 538 g/mol. The molecule has 0 bridgehead atoms. The van der Waals surface area contributed by atoms with Gasteiger partial charge in [0.15, 0.2) is 5.96 Å². The second-order valence-electron chi connectivity index (χ2n) is 6.35. The number of nitrogens with zero attached hydrogens (tertiary/aromatic N) is 3. The van der Waals surface area contributed by atoms with Crippen molar-refractivity contribution < 1.29 is 4.79 Å². The molecule has 1 unspecified atom stereocenters. The van der Waals surface area contributed by atoms with Crippen LogP contribution in [-0.4, -0.2) is 63.1 Å². The van der Waals surface area contributed by atoms with Gasteiger partial charge in [0.2, 0.25) is 5.91 Å². The van der Waals surface area contributed by atoms with Gasteiger partial charge in [0.1, 0.15) is 0 Å². The molecule has 0 saturated carbocycles. The fraction of sp³-hybridized carbons (Fsp3) is 0.556. The molecule has 26 heavy (non-hydrogen) atoms. The zero-order valence-corrected chi connectivity index (χ0v) is 19.6. The third-order valence-electron chi connectivity index (χ3n) is 4.16. The second-order valence-corrected chi connectivity index (χ2v) is 7.27. The van der Waals surface area contributed by atoms with Crippen molar-refractivity contribution in [2.24, 2.45) is 4.99 Å². The third-order valence-corrected chi connectivity index (χ3v) is 4.69.